The molecule has 17 heavy (non-hydrogen) atoms. The van der Waals surface area contributed by atoms with Gasteiger partial charge >= 0.3 is 0 Å². The summed E-state index contributed by atoms with van der Waals surface area (Å²) in [5, 5.41) is 10.6. The Hall–Kier alpha value is -1.56. The molecule has 5 nitrogen and oxygen atoms in total. The van der Waals surface area contributed by atoms with Gasteiger partial charge in [0, 0.05) is 0 Å². The summed E-state index contributed by atoms with van der Waals surface area (Å²) < 4.78 is 24.0. The predicted octanol–water partition coefficient (Wildman–Crippen LogP) is -0.235. The largest absolute Gasteiger partial charge is 0.548 e. The Balaban J connectivity index is 3.27. The normalized spacial score (nSPS) is 11.2. The van der Waals surface area contributed by atoms with Crippen LogP contribution in [0.15, 0.2) is 24.3 Å². The van der Waals surface area contributed by atoms with Gasteiger partial charge < -0.3 is 9.90 Å². The van der Waals surface area contributed by atoms with Crippen LogP contribution in [0.4, 0.5) is 5.69 Å². The summed E-state index contributed by atoms with van der Waals surface area (Å²) >= 11 is 0. The van der Waals surface area contributed by atoms with Gasteiger partial charge in [0.15, 0.2) is 0 Å². The molecule has 0 aromatic heterocycles. The van der Waals surface area contributed by atoms with Crippen molar-refractivity contribution >= 4 is 21.7 Å². The van der Waals surface area contributed by atoms with Crippen molar-refractivity contribution in [3.8, 4) is 0 Å². The van der Waals surface area contributed by atoms with Crippen LogP contribution in [0.5, 0.6) is 0 Å². The molecule has 0 spiro atoms. The maximum Gasteiger partial charge on any atom is 0.232 e. The molecule has 0 saturated heterocycles. The Kier molecular flexibility index (Phi) is 4.11. The topological polar surface area (TPSA) is 77.5 Å². The highest BCUT2D eigenvalue weighted by molar-refractivity contribution is 7.92. The molecule has 0 aliphatic heterocycles. The van der Waals surface area contributed by atoms with Crippen LogP contribution in [0.1, 0.15) is 12.5 Å². The van der Waals surface area contributed by atoms with Crippen molar-refractivity contribution in [1.82, 2.24) is 0 Å². The van der Waals surface area contributed by atoms with Gasteiger partial charge in [0.05, 0.1) is 24.5 Å². The Morgan fingerprint density at radius 1 is 1.35 bits per heavy atom. The molecule has 0 unspecified atom stereocenters. The summed E-state index contributed by atoms with van der Waals surface area (Å²) in [4.78, 5) is 10.6. The Morgan fingerprint density at radius 3 is 2.41 bits per heavy atom. The fraction of sp³-hybridized carbons (Fsp3) is 0.364. The number of aliphatic carboxylic acids is 1. The molecular formula is C11H14NO4S-. The molecule has 0 aliphatic carbocycles. The van der Waals surface area contributed by atoms with Crippen molar-refractivity contribution < 1.29 is 18.3 Å². The lowest BCUT2D eigenvalue weighted by Crippen LogP contribution is -2.41. The van der Waals surface area contributed by atoms with E-state index in [0.29, 0.717) is 12.1 Å². The molecule has 1 aromatic carbocycles. The van der Waals surface area contributed by atoms with E-state index < -0.39 is 22.5 Å². The van der Waals surface area contributed by atoms with Crippen LogP contribution in [-0.4, -0.2) is 27.2 Å². The molecule has 0 aliphatic rings. The number of carbonyl (C=O) groups is 1. The van der Waals surface area contributed by atoms with Gasteiger partial charge in [0.2, 0.25) is 10.0 Å². The van der Waals surface area contributed by atoms with E-state index in [9.17, 15) is 18.3 Å². The fourth-order valence-electron chi connectivity index (χ4n) is 1.55. The molecule has 0 heterocycles. The molecule has 1 aromatic rings. The highest BCUT2D eigenvalue weighted by atomic mass is 32.2. The molecule has 1 rings (SSSR count). The summed E-state index contributed by atoms with van der Waals surface area (Å²) in [6.45, 7) is 1.20. The number of rotatable bonds is 5. The number of aryl methyl sites for hydroxylation is 1. The number of sulfonamides is 1. The van der Waals surface area contributed by atoms with E-state index in [1.165, 1.54) is 0 Å². The average Bonchev–Trinajstić information content (AvgIpc) is 2.24. The van der Waals surface area contributed by atoms with Gasteiger partial charge in [-0.2, -0.15) is 0 Å². The number of anilines is 1. The van der Waals surface area contributed by atoms with Crippen LogP contribution in [0.3, 0.4) is 0 Å². The lowest BCUT2D eigenvalue weighted by atomic mass is 10.1. The highest BCUT2D eigenvalue weighted by Gasteiger charge is 2.19. The quantitative estimate of drug-likeness (QED) is 0.728. The summed E-state index contributed by atoms with van der Waals surface area (Å²) in [6, 6.07) is 6.80. The third-order valence-corrected chi connectivity index (χ3v) is 3.44. The van der Waals surface area contributed by atoms with Gasteiger partial charge in [-0.3, -0.25) is 4.31 Å². The second-order valence-electron chi connectivity index (χ2n) is 3.62. The minimum atomic E-state index is -3.63. The Morgan fingerprint density at radius 2 is 1.94 bits per heavy atom. The van der Waals surface area contributed by atoms with Crippen LogP contribution in [0.25, 0.3) is 0 Å². The zero-order valence-electron chi connectivity index (χ0n) is 9.71. The van der Waals surface area contributed by atoms with Crippen molar-refractivity contribution in [2.75, 3.05) is 17.1 Å². The van der Waals surface area contributed by atoms with Gasteiger partial charge in [-0.25, -0.2) is 8.42 Å². The zero-order valence-corrected chi connectivity index (χ0v) is 10.5. The molecule has 0 N–H and O–H groups in total. The first-order chi connectivity index (χ1) is 7.86. The summed E-state index contributed by atoms with van der Waals surface area (Å²) in [7, 11) is -3.63. The van der Waals surface area contributed by atoms with Crippen LogP contribution in [-0.2, 0) is 21.2 Å². The third-order valence-electron chi connectivity index (χ3n) is 2.31. The van der Waals surface area contributed by atoms with E-state index >= 15 is 0 Å². The van der Waals surface area contributed by atoms with E-state index in [-0.39, 0.29) is 0 Å². The van der Waals surface area contributed by atoms with E-state index in [0.717, 1.165) is 16.1 Å². The minimum Gasteiger partial charge on any atom is -0.548 e. The summed E-state index contributed by atoms with van der Waals surface area (Å²) in [6.07, 6.45) is 1.59. The molecule has 0 amide bonds. The number of carboxylic acids is 1. The number of carboxylic acid groups (broad SMARTS) is 1. The number of para-hydroxylation sites is 1. The van der Waals surface area contributed by atoms with Crippen molar-refractivity contribution in [1.29, 1.82) is 0 Å². The average molecular weight is 256 g/mol. The molecular weight excluding hydrogens is 242 g/mol. The van der Waals surface area contributed by atoms with Gasteiger partial charge in [-0.15, -0.1) is 0 Å². The Labute approximate surface area is 101 Å². The Bertz CT molecular complexity index is 510. The third kappa shape index (κ3) is 3.45. The van der Waals surface area contributed by atoms with Gasteiger partial charge in [0.25, 0.3) is 0 Å². The molecule has 0 bridgehead atoms. The van der Waals surface area contributed by atoms with Crippen LogP contribution in [0.2, 0.25) is 0 Å². The van der Waals surface area contributed by atoms with Gasteiger partial charge in [-0.1, -0.05) is 25.1 Å². The van der Waals surface area contributed by atoms with Crippen molar-refractivity contribution in [3.63, 3.8) is 0 Å². The van der Waals surface area contributed by atoms with Gasteiger partial charge in [-0.05, 0) is 18.1 Å². The first kappa shape index (κ1) is 13.5. The summed E-state index contributed by atoms with van der Waals surface area (Å²) in [5.74, 6) is -1.43. The molecule has 0 saturated carbocycles. The van der Waals surface area contributed by atoms with E-state index in [2.05, 4.69) is 0 Å². The van der Waals surface area contributed by atoms with Crippen LogP contribution >= 0.6 is 0 Å². The highest BCUT2D eigenvalue weighted by Crippen LogP contribution is 2.22. The van der Waals surface area contributed by atoms with Crippen LogP contribution in [0, 0.1) is 0 Å². The van der Waals surface area contributed by atoms with E-state index in [1.54, 1.807) is 24.3 Å². The molecule has 0 atom stereocenters. The molecule has 94 valence electrons. The molecule has 6 heteroatoms. The number of hydrogen-bond donors (Lipinski definition) is 0. The first-order valence-corrected chi connectivity index (χ1v) is 6.96. The second kappa shape index (κ2) is 5.18. The van der Waals surface area contributed by atoms with E-state index in [1.807, 2.05) is 6.92 Å². The first-order valence-electron chi connectivity index (χ1n) is 5.11. The van der Waals surface area contributed by atoms with Crippen molar-refractivity contribution in [2.45, 2.75) is 13.3 Å². The standard InChI is InChI=1S/C11H15NO4S/c1-3-9-6-4-5-7-10(9)12(8-11(13)14)17(2,15)16/h4-7H,3,8H2,1-2H3,(H,13,14)/p-1. The van der Waals surface area contributed by atoms with Crippen molar-refractivity contribution in [3.05, 3.63) is 29.8 Å². The number of nitrogens with zero attached hydrogens (tertiary/aromatic N) is 1. The lowest BCUT2D eigenvalue weighted by Gasteiger charge is -2.24. The zero-order chi connectivity index (χ0) is 13.1. The number of benzene rings is 1. The molecule has 0 fully saturated rings. The predicted molar refractivity (Wildman–Crippen MR) is 63.0 cm³/mol. The van der Waals surface area contributed by atoms with Crippen LogP contribution < -0.4 is 9.41 Å². The molecule has 0 radical (unpaired) electrons. The SMILES string of the molecule is CCc1ccccc1N(CC(=O)[O-])S(C)(=O)=O. The smallest absolute Gasteiger partial charge is 0.232 e. The second-order valence-corrected chi connectivity index (χ2v) is 5.53. The van der Waals surface area contributed by atoms with E-state index in [4.69, 9.17) is 0 Å². The van der Waals surface area contributed by atoms with Crippen molar-refractivity contribution in [2.24, 2.45) is 0 Å². The number of hydrogen-bond acceptors (Lipinski definition) is 4. The number of carbonyl (C=O) groups excluding carboxylic acids is 1. The summed E-state index contributed by atoms with van der Waals surface area (Å²) in [5.41, 5.74) is 1.17. The lowest BCUT2D eigenvalue weighted by molar-refractivity contribution is -0.303. The maximum absolute atomic E-state index is 11.6. The maximum atomic E-state index is 11.6. The fourth-order valence-corrected chi connectivity index (χ4v) is 2.43. The monoisotopic (exact) mass is 256 g/mol. The minimum absolute atomic E-state index is 0.390. The van der Waals surface area contributed by atoms with Gasteiger partial charge in [0.1, 0.15) is 0 Å².